The molecule has 4 heteroatoms. The highest BCUT2D eigenvalue weighted by Gasteiger charge is 2.19. The lowest BCUT2D eigenvalue weighted by Crippen LogP contribution is -2.10. The Kier molecular flexibility index (Phi) is 5.65. The molecule has 0 aromatic heterocycles. The van der Waals surface area contributed by atoms with E-state index >= 15 is 0 Å². The minimum absolute atomic E-state index is 0.183. The van der Waals surface area contributed by atoms with Crippen LogP contribution in [0, 0.1) is 0 Å². The van der Waals surface area contributed by atoms with E-state index in [0.717, 1.165) is 24.8 Å². The molecule has 0 radical (unpaired) electrons. The van der Waals surface area contributed by atoms with Crippen LogP contribution in [-0.2, 0) is 15.9 Å². The fourth-order valence-electron chi connectivity index (χ4n) is 2.56. The molecule has 1 aliphatic heterocycles. The first-order valence-electron chi connectivity index (χ1n) is 8.21. The molecule has 1 atom stereocenters. The van der Waals surface area contributed by atoms with Crippen LogP contribution in [0.15, 0.2) is 60.6 Å². The quantitative estimate of drug-likeness (QED) is 0.680. The van der Waals surface area contributed by atoms with E-state index < -0.39 is 0 Å². The van der Waals surface area contributed by atoms with Gasteiger partial charge >= 0.3 is 0 Å². The highest BCUT2D eigenvalue weighted by atomic mass is 35.5. The number of hydrogen-bond acceptors (Lipinski definition) is 3. The predicted octanol–water partition coefficient (Wildman–Crippen LogP) is 5.32. The lowest BCUT2D eigenvalue weighted by atomic mass is 10.1. The van der Waals surface area contributed by atoms with Crippen molar-refractivity contribution in [2.75, 3.05) is 6.61 Å². The van der Waals surface area contributed by atoms with Gasteiger partial charge in [-0.15, -0.1) is 0 Å². The van der Waals surface area contributed by atoms with Crippen LogP contribution in [0.5, 0.6) is 5.75 Å². The molecule has 1 heterocycles. The number of benzene rings is 2. The van der Waals surface area contributed by atoms with Crippen molar-refractivity contribution in [1.29, 1.82) is 0 Å². The molecule has 1 aliphatic rings. The zero-order valence-corrected chi connectivity index (χ0v) is 14.5. The van der Waals surface area contributed by atoms with Gasteiger partial charge in [0.1, 0.15) is 18.6 Å². The second-order valence-corrected chi connectivity index (χ2v) is 6.18. The molecule has 2 aromatic carbocycles. The van der Waals surface area contributed by atoms with Crippen LogP contribution in [-0.4, -0.2) is 12.9 Å². The average Bonchev–Trinajstić information content (AvgIpc) is 3.03. The largest absolute Gasteiger partial charge is 0.484 e. The molecule has 0 aliphatic carbocycles. The minimum atomic E-state index is -0.183. The van der Waals surface area contributed by atoms with Crippen LogP contribution in [0.3, 0.4) is 0 Å². The highest BCUT2D eigenvalue weighted by Crippen LogP contribution is 2.28. The molecule has 0 bridgehead atoms. The van der Waals surface area contributed by atoms with Gasteiger partial charge in [0, 0.05) is 6.42 Å². The monoisotopic (exact) mass is 344 g/mol. The van der Waals surface area contributed by atoms with Gasteiger partial charge in [0.25, 0.3) is 0 Å². The third-order valence-corrected chi connectivity index (χ3v) is 4.07. The van der Waals surface area contributed by atoms with Gasteiger partial charge in [0.05, 0.1) is 5.02 Å². The van der Waals surface area contributed by atoms with Crippen molar-refractivity contribution in [2.24, 2.45) is 0 Å². The molecule has 0 fully saturated rings. The van der Waals surface area contributed by atoms with Crippen LogP contribution in [0.1, 0.15) is 30.9 Å². The minimum Gasteiger partial charge on any atom is -0.484 e. The van der Waals surface area contributed by atoms with Crippen molar-refractivity contribution < 1.29 is 14.2 Å². The van der Waals surface area contributed by atoms with Crippen molar-refractivity contribution in [2.45, 2.75) is 32.5 Å². The van der Waals surface area contributed by atoms with Gasteiger partial charge < -0.3 is 14.2 Å². The SMILES string of the molecule is CCCC1OC=C(COc2ccc(Cc3ccccc3)cc2Cl)O1. The fraction of sp³-hybridized carbons (Fsp3) is 0.300. The van der Waals surface area contributed by atoms with E-state index in [4.69, 9.17) is 25.8 Å². The Hall–Kier alpha value is -2.13. The van der Waals surface area contributed by atoms with Crippen LogP contribution in [0.4, 0.5) is 0 Å². The fourth-order valence-corrected chi connectivity index (χ4v) is 2.82. The van der Waals surface area contributed by atoms with Crippen molar-refractivity contribution in [3.05, 3.63) is 76.7 Å². The van der Waals surface area contributed by atoms with Crippen LogP contribution in [0.2, 0.25) is 5.02 Å². The maximum Gasteiger partial charge on any atom is 0.240 e. The molecule has 0 N–H and O–H groups in total. The molecule has 0 spiro atoms. The topological polar surface area (TPSA) is 27.7 Å². The maximum absolute atomic E-state index is 6.34. The number of hydrogen-bond donors (Lipinski definition) is 0. The molecular formula is C20H21ClO3. The lowest BCUT2D eigenvalue weighted by molar-refractivity contribution is -0.0413. The molecule has 2 aromatic rings. The summed E-state index contributed by atoms with van der Waals surface area (Å²) in [7, 11) is 0. The van der Waals surface area contributed by atoms with E-state index in [1.54, 1.807) is 6.26 Å². The zero-order chi connectivity index (χ0) is 16.8. The Morgan fingerprint density at radius 3 is 2.67 bits per heavy atom. The normalized spacial score (nSPS) is 16.2. The highest BCUT2D eigenvalue weighted by molar-refractivity contribution is 6.32. The summed E-state index contributed by atoms with van der Waals surface area (Å²) in [6.07, 6.45) is 4.17. The Morgan fingerprint density at radius 1 is 1.08 bits per heavy atom. The van der Waals surface area contributed by atoms with Crippen molar-refractivity contribution in [3.8, 4) is 5.75 Å². The molecule has 0 saturated carbocycles. The van der Waals surface area contributed by atoms with E-state index in [9.17, 15) is 0 Å². The summed E-state index contributed by atoms with van der Waals surface area (Å²) in [4.78, 5) is 0. The van der Waals surface area contributed by atoms with Gasteiger partial charge in [-0.05, 0) is 36.1 Å². The summed E-state index contributed by atoms with van der Waals surface area (Å²) < 4.78 is 16.8. The number of ether oxygens (including phenoxy) is 3. The third kappa shape index (κ3) is 4.45. The summed E-state index contributed by atoms with van der Waals surface area (Å²) in [5.41, 5.74) is 2.41. The molecule has 1 unspecified atom stereocenters. The molecule has 3 nitrogen and oxygen atoms in total. The Morgan fingerprint density at radius 2 is 1.92 bits per heavy atom. The van der Waals surface area contributed by atoms with Crippen LogP contribution in [0.25, 0.3) is 0 Å². The van der Waals surface area contributed by atoms with Gasteiger partial charge in [0.2, 0.25) is 6.29 Å². The average molecular weight is 345 g/mol. The summed E-state index contributed by atoms with van der Waals surface area (Å²) in [6, 6.07) is 16.2. The molecular weight excluding hydrogens is 324 g/mol. The van der Waals surface area contributed by atoms with E-state index in [0.29, 0.717) is 23.1 Å². The molecule has 0 amide bonds. The standard InChI is InChI=1S/C20H21ClO3/c1-2-6-20-23-14-17(24-20)13-22-19-10-9-16(12-18(19)21)11-15-7-4-3-5-8-15/h3-5,7-10,12,14,20H,2,6,11,13H2,1H3. The van der Waals surface area contributed by atoms with Gasteiger partial charge in [-0.2, -0.15) is 0 Å². The Balaban J connectivity index is 1.55. The van der Waals surface area contributed by atoms with E-state index in [-0.39, 0.29) is 6.29 Å². The Bertz CT molecular complexity index is 697. The van der Waals surface area contributed by atoms with Gasteiger partial charge in [-0.1, -0.05) is 54.9 Å². The van der Waals surface area contributed by atoms with Gasteiger partial charge in [-0.25, -0.2) is 0 Å². The maximum atomic E-state index is 6.34. The summed E-state index contributed by atoms with van der Waals surface area (Å²) in [6.45, 7) is 2.41. The van der Waals surface area contributed by atoms with Crippen molar-refractivity contribution >= 4 is 11.6 Å². The summed E-state index contributed by atoms with van der Waals surface area (Å²) in [5.74, 6) is 1.34. The molecule has 126 valence electrons. The summed E-state index contributed by atoms with van der Waals surface area (Å²) in [5, 5.41) is 0.605. The Labute approximate surface area is 147 Å². The van der Waals surface area contributed by atoms with Gasteiger partial charge in [-0.3, -0.25) is 0 Å². The van der Waals surface area contributed by atoms with Crippen LogP contribution < -0.4 is 4.74 Å². The second kappa shape index (κ2) is 8.11. The van der Waals surface area contributed by atoms with Crippen molar-refractivity contribution in [3.63, 3.8) is 0 Å². The van der Waals surface area contributed by atoms with Crippen molar-refractivity contribution in [1.82, 2.24) is 0 Å². The first kappa shape index (κ1) is 16.7. The zero-order valence-electron chi connectivity index (χ0n) is 13.7. The first-order chi connectivity index (χ1) is 11.7. The number of halogens is 1. The molecule has 0 saturated heterocycles. The van der Waals surface area contributed by atoms with E-state index in [1.807, 2.05) is 36.4 Å². The third-order valence-electron chi connectivity index (χ3n) is 3.78. The smallest absolute Gasteiger partial charge is 0.240 e. The predicted molar refractivity (Wildman–Crippen MR) is 95.1 cm³/mol. The van der Waals surface area contributed by atoms with E-state index in [1.165, 1.54) is 5.56 Å². The van der Waals surface area contributed by atoms with E-state index in [2.05, 4.69) is 19.1 Å². The summed E-state index contributed by atoms with van der Waals surface area (Å²) >= 11 is 6.34. The number of rotatable bonds is 7. The first-order valence-corrected chi connectivity index (χ1v) is 8.58. The molecule has 24 heavy (non-hydrogen) atoms. The molecule has 3 rings (SSSR count). The van der Waals surface area contributed by atoms with Crippen LogP contribution >= 0.6 is 11.6 Å². The van der Waals surface area contributed by atoms with Gasteiger partial charge in [0.15, 0.2) is 5.76 Å². The lowest BCUT2D eigenvalue weighted by Gasteiger charge is -2.12. The second-order valence-electron chi connectivity index (χ2n) is 5.77.